The standard InChI is InChI=1S/C16H35N5O.HI/c1-14(2)21(15(3)4)9-7-19-16(17-5)18-6-8-20-10-12-22-13-11-20;/h14-15H,6-13H2,1-5H3,(H2,17,18,19);1H. The van der Waals surface area contributed by atoms with E-state index in [4.69, 9.17) is 4.74 Å². The van der Waals surface area contributed by atoms with Crippen LogP contribution in [0, 0.1) is 0 Å². The summed E-state index contributed by atoms with van der Waals surface area (Å²) in [6.07, 6.45) is 0. The van der Waals surface area contributed by atoms with Crippen LogP contribution < -0.4 is 10.6 Å². The van der Waals surface area contributed by atoms with Crippen LogP contribution in [-0.2, 0) is 4.74 Å². The van der Waals surface area contributed by atoms with Crippen LogP contribution in [0.4, 0.5) is 0 Å². The van der Waals surface area contributed by atoms with Gasteiger partial charge in [0.15, 0.2) is 5.96 Å². The lowest BCUT2D eigenvalue weighted by Gasteiger charge is -2.30. The molecule has 0 bridgehead atoms. The minimum Gasteiger partial charge on any atom is -0.379 e. The fourth-order valence-electron chi connectivity index (χ4n) is 2.79. The third-order valence-electron chi connectivity index (χ3n) is 4.04. The van der Waals surface area contributed by atoms with Gasteiger partial charge in [-0.25, -0.2) is 0 Å². The van der Waals surface area contributed by atoms with Gasteiger partial charge in [0.2, 0.25) is 0 Å². The van der Waals surface area contributed by atoms with E-state index < -0.39 is 0 Å². The number of nitrogens with one attached hydrogen (secondary N) is 2. The van der Waals surface area contributed by atoms with Crippen LogP contribution in [0.25, 0.3) is 0 Å². The van der Waals surface area contributed by atoms with E-state index in [1.807, 2.05) is 7.05 Å². The highest BCUT2D eigenvalue weighted by atomic mass is 127. The smallest absolute Gasteiger partial charge is 0.191 e. The van der Waals surface area contributed by atoms with Gasteiger partial charge in [0, 0.05) is 58.4 Å². The van der Waals surface area contributed by atoms with Crippen molar-refractivity contribution < 1.29 is 4.74 Å². The molecule has 0 amide bonds. The molecule has 0 atom stereocenters. The highest BCUT2D eigenvalue weighted by Crippen LogP contribution is 2.03. The van der Waals surface area contributed by atoms with E-state index in [2.05, 4.69) is 53.1 Å². The summed E-state index contributed by atoms with van der Waals surface area (Å²) in [5.74, 6) is 0.890. The number of hydrogen-bond donors (Lipinski definition) is 2. The molecular weight excluding hydrogens is 405 g/mol. The molecule has 1 heterocycles. The maximum absolute atomic E-state index is 5.36. The van der Waals surface area contributed by atoms with E-state index in [0.717, 1.165) is 58.4 Å². The first-order chi connectivity index (χ1) is 10.5. The Labute approximate surface area is 159 Å². The molecule has 0 unspecified atom stereocenters. The van der Waals surface area contributed by atoms with E-state index in [1.54, 1.807) is 0 Å². The first kappa shape index (κ1) is 22.9. The molecule has 0 radical (unpaired) electrons. The molecule has 0 spiro atoms. The predicted molar refractivity (Wildman–Crippen MR) is 109 cm³/mol. The van der Waals surface area contributed by atoms with Crippen molar-refractivity contribution in [1.29, 1.82) is 0 Å². The van der Waals surface area contributed by atoms with Crippen molar-refractivity contribution in [2.24, 2.45) is 4.99 Å². The normalized spacial score (nSPS) is 16.8. The number of aliphatic imine (C=N–C) groups is 1. The average Bonchev–Trinajstić information content (AvgIpc) is 2.49. The summed E-state index contributed by atoms with van der Waals surface area (Å²) < 4.78 is 5.36. The topological polar surface area (TPSA) is 52.1 Å². The molecule has 0 aromatic heterocycles. The first-order valence-electron chi connectivity index (χ1n) is 8.55. The summed E-state index contributed by atoms with van der Waals surface area (Å²) in [6.45, 7) is 16.6. The maximum atomic E-state index is 5.36. The molecule has 0 aromatic carbocycles. The molecular formula is C16H36IN5O. The lowest BCUT2D eigenvalue weighted by molar-refractivity contribution is 0.0389. The average molecular weight is 441 g/mol. The van der Waals surface area contributed by atoms with Crippen molar-refractivity contribution >= 4 is 29.9 Å². The Balaban J connectivity index is 0.00000484. The number of ether oxygens (including phenoxy) is 1. The summed E-state index contributed by atoms with van der Waals surface area (Å²) in [5.41, 5.74) is 0. The van der Waals surface area contributed by atoms with Gasteiger partial charge in [0.25, 0.3) is 0 Å². The minimum absolute atomic E-state index is 0. The summed E-state index contributed by atoms with van der Waals surface area (Å²) in [5, 5.41) is 6.79. The van der Waals surface area contributed by atoms with Gasteiger partial charge in [0.05, 0.1) is 13.2 Å². The number of guanidine groups is 1. The van der Waals surface area contributed by atoms with Crippen LogP contribution in [0.15, 0.2) is 4.99 Å². The van der Waals surface area contributed by atoms with Crippen molar-refractivity contribution in [2.45, 2.75) is 39.8 Å². The zero-order chi connectivity index (χ0) is 16.4. The fourth-order valence-corrected chi connectivity index (χ4v) is 2.79. The first-order valence-corrected chi connectivity index (χ1v) is 8.55. The van der Waals surface area contributed by atoms with Crippen LogP contribution in [0.1, 0.15) is 27.7 Å². The van der Waals surface area contributed by atoms with E-state index >= 15 is 0 Å². The van der Waals surface area contributed by atoms with Crippen molar-refractivity contribution in [3.8, 4) is 0 Å². The van der Waals surface area contributed by atoms with Crippen LogP contribution >= 0.6 is 24.0 Å². The molecule has 7 heteroatoms. The molecule has 1 aliphatic rings. The number of morpholine rings is 1. The molecule has 0 aromatic rings. The second-order valence-corrected chi connectivity index (χ2v) is 6.31. The predicted octanol–water partition coefficient (Wildman–Crippen LogP) is 1.22. The zero-order valence-corrected chi connectivity index (χ0v) is 17.8. The molecule has 23 heavy (non-hydrogen) atoms. The van der Waals surface area contributed by atoms with Crippen molar-refractivity contribution in [1.82, 2.24) is 20.4 Å². The molecule has 1 saturated heterocycles. The van der Waals surface area contributed by atoms with E-state index in [-0.39, 0.29) is 24.0 Å². The van der Waals surface area contributed by atoms with Gasteiger partial charge >= 0.3 is 0 Å². The third-order valence-corrected chi connectivity index (χ3v) is 4.04. The Kier molecular flexibility index (Phi) is 13.1. The second-order valence-electron chi connectivity index (χ2n) is 6.31. The van der Waals surface area contributed by atoms with E-state index in [1.165, 1.54) is 0 Å². The summed E-state index contributed by atoms with van der Waals surface area (Å²) in [4.78, 5) is 9.19. The Hall–Kier alpha value is -0.120. The largest absolute Gasteiger partial charge is 0.379 e. The molecule has 1 aliphatic heterocycles. The van der Waals surface area contributed by atoms with Gasteiger partial charge in [-0.2, -0.15) is 0 Å². The molecule has 1 fully saturated rings. The van der Waals surface area contributed by atoms with Crippen molar-refractivity contribution in [3.05, 3.63) is 0 Å². The zero-order valence-electron chi connectivity index (χ0n) is 15.5. The van der Waals surface area contributed by atoms with Crippen LogP contribution in [0.2, 0.25) is 0 Å². The summed E-state index contributed by atoms with van der Waals surface area (Å²) >= 11 is 0. The molecule has 0 aliphatic carbocycles. The van der Waals surface area contributed by atoms with Gasteiger partial charge in [-0.05, 0) is 27.7 Å². The highest BCUT2D eigenvalue weighted by molar-refractivity contribution is 14.0. The Morgan fingerprint density at radius 1 is 1.09 bits per heavy atom. The highest BCUT2D eigenvalue weighted by Gasteiger charge is 2.13. The Bertz CT molecular complexity index is 312. The number of halogens is 1. The summed E-state index contributed by atoms with van der Waals surface area (Å²) in [6, 6.07) is 1.14. The van der Waals surface area contributed by atoms with Gasteiger partial charge in [0.1, 0.15) is 0 Å². The molecule has 1 rings (SSSR count). The lowest BCUT2D eigenvalue weighted by atomic mass is 10.2. The van der Waals surface area contributed by atoms with Crippen LogP contribution in [0.5, 0.6) is 0 Å². The Morgan fingerprint density at radius 2 is 1.65 bits per heavy atom. The Morgan fingerprint density at radius 3 is 2.17 bits per heavy atom. The fraction of sp³-hybridized carbons (Fsp3) is 0.938. The van der Waals surface area contributed by atoms with E-state index in [0.29, 0.717) is 12.1 Å². The number of hydrogen-bond acceptors (Lipinski definition) is 4. The number of nitrogens with zero attached hydrogens (tertiary/aromatic N) is 3. The van der Waals surface area contributed by atoms with Gasteiger partial charge < -0.3 is 15.4 Å². The van der Waals surface area contributed by atoms with Gasteiger partial charge in [-0.3, -0.25) is 14.8 Å². The molecule has 2 N–H and O–H groups in total. The quantitative estimate of drug-likeness (QED) is 0.337. The monoisotopic (exact) mass is 441 g/mol. The van der Waals surface area contributed by atoms with Crippen LogP contribution in [-0.4, -0.2) is 87.4 Å². The maximum Gasteiger partial charge on any atom is 0.191 e. The molecule has 0 saturated carbocycles. The van der Waals surface area contributed by atoms with Gasteiger partial charge in [-0.1, -0.05) is 0 Å². The molecule has 138 valence electrons. The SMILES string of the molecule is CN=C(NCCN1CCOCC1)NCCN(C(C)C)C(C)C.I. The van der Waals surface area contributed by atoms with Gasteiger partial charge in [-0.15, -0.1) is 24.0 Å². The van der Waals surface area contributed by atoms with Crippen molar-refractivity contribution in [3.63, 3.8) is 0 Å². The number of rotatable bonds is 8. The minimum atomic E-state index is 0. The van der Waals surface area contributed by atoms with Crippen molar-refractivity contribution in [2.75, 3.05) is 59.5 Å². The summed E-state index contributed by atoms with van der Waals surface area (Å²) in [7, 11) is 1.83. The van der Waals surface area contributed by atoms with Crippen LogP contribution in [0.3, 0.4) is 0 Å². The van der Waals surface area contributed by atoms with E-state index in [9.17, 15) is 0 Å². The lowest BCUT2D eigenvalue weighted by Crippen LogP contribution is -2.47. The third kappa shape index (κ3) is 9.69. The molecule has 6 nitrogen and oxygen atoms in total. The second kappa shape index (κ2) is 13.2.